The normalized spacial score (nSPS) is 34.3. The monoisotopic (exact) mass is 482 g/mol. The third-order valence-electron chi connectivity index (χ3n) is 10.5. The molecule has 4 aliphatic carbocycles. The molecule has 0 aliphatic heterocycles. The van der Waals surface area contributed by atoms with Gasteiger partial charge >= 0.3 is 0 Å². The highest BCUT2D eigenvalue weighted by atomic mass is 16.5. The van der Waals surface area contributed by atoms with Gasteiger partial charge in [-0.2, -0.15) is 0 Å². The van der Waals surface area contributed by atoms with Crippen LogP contribution >= 0.6 is 0 Å². The summed E-state index contributed by atoms with van der Waals surface area (Å²) in [5.41, 5.74) is 3.16. The summed E-state index contributed by atoms with van der Waals surface area (Å²) in [7, 11) is 0. The second-order valence-corrected chi connectivity index (χ2v) is 13.6. The summed E-state index contributed by atoms with van der Waals surface area (Å²) < 4.78 is 6.18. The SMILES string of the molecule is CC1CCC(CCCC2CC=C(COCC3=CCC(CCCC4CCC(C)CC4)CC3)CC2)CC1. The minimum absolute atomic E-state index is 0.883. The van der Waals surface area contributed by atoms with E-state index in [1.807, 2.05) is 0 Å². The van der Waals surface area contributed by atoms with Crippen molar-refractivity contribution < 1.29 is 4.74 Å². The van der Waals surface area contributed by atoms with Gasteiger partial charge in [0.05, 0.1) is 13.2 Å². The summed E-state index contributed by atoms with van der Waals surface area (Å²) in [5.74, 6) is 5.97. The molecule has 0 spiro atoms. The molecule has 200 valence electrons. The molecule has 1 heteroatoms. The van der Waals surface area contributed by atoms with Gasteiger partial charge in [-0.1, -0.05) is 116 Å². The van der Waals surface area contributed by atoms with E-state index in [1.54, 1.807) is 11.1 Å². The molecule has 2 fully saturated rings. The Hall–Kier alpha value is -0.560. The van der Waals surface area contributed by atoms with Gasteiger partial charge in [-0.25, -0.2) is 0 Å². The van der Waals surface area contributed by atoms with E-state index in [2.05, 4.69) is 26.0 Å². The van der Waals surface area contributed by atoms with Crippen LogP contribution in [0.5, 0.6) is 0 Å². The van der Waals surface area contributed by atoms with Crippen molar-refractivity contribution in [3.05, 3.63) is 23.3 Å². The van der Waals surface area contributed by atoms with Crippen LogP contribution in [0.4, 0.5) is 0 Å². The largest absolute Gasteiger partial charge is 0.373 e. The number of allylic oxidation sites excluding steroid dienone is 2. The molecular weight excluding hydrogens is 424 g/mol. The van der Waals surface area contributed by atoms with Crippen LogP contribution in [-0.4, -0.2) is 13.2 Å². The second-order valence-electron chi connectivity index (χ2n) is 13.6. The molecule has 0 saturated heterocycles. The molecule has 4 rings (SSSR count). The Kier molecular flexibility index (Phi) is 11.8. The van der Waals surface area contributed by atoms with Gasteiger partial charge in [0.25, 0.3) is 0 Å². The Bertz CT molecular complexity index is 588. The minimum Gasteiger partial charge on any atom is -0.373 e. The van der Waals surface area contributed by atoms with Gasteiger partial charge in [0.15, 0.2) is 0 Å². The molecule has 0 aromatic carbocycles. The van der Waals surface area contributed by atoms with E-state index in [0.29, 0.717) is 0 Å². The van der Waals surface area contributed by atoms with Gasteiger partial charge in [0, 0.05) is 0 Å². The molecule has 35 heavy (non-hydrogen) atoms. The predicted octanol–water partition coefficient (Wildman–Crippen LogP) is 10.4. The fraction of sp³-hybridized carbons (Fsp3) is 0.882. The van der Waals surface area contributed by atoms with Crippen molar-refractivity contribution in [2.45, 2.75) is 142 Å². The third-order valence-corrected chi connectivity index (χ3v) is 10.5. The van der Waals surface area contributed by atoms with Crippen LogP contribution in [0.25, 0.3) is 0 Å². The molecule has 2 unspecified atom stereocenters. The van der Waals surface area contributed by atoms with Gasteiger partial charge in [-0.05, 0) is 85.2 Å². The van der Waals surface area contributed by atoms with Crippen LogP contribution in [0.1, 0.15) is 142 Å². The molecule has 4 aliphatic rings. The lowest BCUT2D eigenvalue weighted by atomic mass is 9.79. The van der Waals surface area contributed by atoms with E-state index in [9.17, 15) is 0 Å². The number of ether oxygens (including phenoxy) is 1. The zero-order valence-electron chi connectivity index (χ0n) is 23.6. The first kappa shape index (κ1) is 27.5. The molecule has 1 nitrogen and oxygen atoms in total. The van der Waals surface area contributed by atoms with Crippen LogP contribution < -0.4 is 0 Å². The predicted molar refractivity (Wildman–Crippen MR) is 152 cm³/mol. The van der Waals surface area contributed by atoms with Gasteiger partial charge in [0.2, 0.25) is 0 Å². The first-order chi connectivity index (χ1) is 17.1. The fourth-order valence-electron chi connectivity index (χ4n) is 7.61. The first-order valence-corrected chi connectivity index (χ1v) is 16.1. The molecule has 0 aromatic rings. The van der Waals surface area contributed by atoms with Crippen molar-refractivity contribution in [3.8, 4) is 0 Å². The third kappa shape index (κ3) is 10.0. The van der Waals surface area contributed by atoms with Crippen LogP contribution in [-0.2, 0) is 4.74 Å². The van der Waals surface area contributed by atoms with Crippen molar-refractivity contribution in [1.29, 1.82) is 0 Å². The fourth-order valence-corrected chi connectivity index (χ4v) is 7.61. The Morgan fingerprint density at radius 1 is 0.543 bits per heavy atom. The quantitative estimate of drug-likeness (QED) is 0.251. The van der Waals surface area contributed by atoms with Crippen LogP contribution in [0.3, 0.4) is 0 Å². The standard InChI is InChI=1S/C34H58O/c1-27-9-13-29(14-10-27)5-3-7-31-17-21-33(22-18-31)25-35-26-34-23-19-32(20-24-34)8-4-6-30-15-11-28(2)12-16-30/h21,23,27-32H,3-20,22,24-26H2,1-2H3. The average molecular weight is 483 g/mol. The van der Waals surface area contributed by atoms with Crippen molar-refractivity contribution in [1.82, 2.24) is 0 Å². The molecule has 0 radical (unpaired) electrons. The maximum absolute atomic E-state index is 6.18. The highest BCUT2D eigenvalue weighted by molar-refractivity contribution is 5.09. The van der Waals surface area contributed by atoms with Gasteiger partial charge < -0.3 is 4.74 Å². The Morgan fingerprint density at radius 3 is 1.31 bits per heavy atom. The highest BCUT2D eigenvalue weighted by Crippen LogP contribution is 2.35. The number of hydrogen-bond donors (Lipinski definition) is 0. The summed E-state index contributed by atoms with van der Waals surface area (Å²) in [5, 5.41) is 0. The molecule has 0 aromatic heterocycles. The first-order valence-electron chi connectivity index (χ1n) is 16.1. The van der Waals surface area contributed by atoms with Gasteiger partial charge in [-0.3, -0.25) is 0 Å². The minimum atomic E-state index is 0.883. The summed E-state index contributed by atoms with van der Waals surface area (Å²) in [6, 6.07) is 0. The smallest absolute Gasteiger partial charge is 0.0681 e. The van der Waals surface area contributed by atoms with E-state index in [-0.39, 0.29) is 0 Å². The summed E-state index contributed by atoms with van der Waals surface area (Å²) in [6.07, 6.45) is 33.9. The molecule has 0 bridgehead atoms. The van der Waals surface area contributed by atoms with Gasteiger partial charge in [-0.15, -0.1) is 0 Å². The van der Waals surface area contributed by atoms with Crippen molar-refractivity contribution >= 4 is 0 Å². The molecule has 2 saturated carbocycles. The van der Waals surface area contributed by atoms with Crippen molar-refractivity contribution in [2.24, 2.45) is 35.5 Å². The van der Waals surface area contributed by atoms with E-state index >= 15 is 0 Å². The zero-order chi connectivity index (χ0) is 24.3. The maximum atomic E-state index is 6.18. The molecule has 0 amide bonds. The van der Waals surface area contributed by atoms with Crippen molar-refractivity contribution in [2.75, 3.05) is 13.2 Å². The summed E-state index contributed by atoms with van der Waals surface area (Å²) >= 11 is 0. The van der Waals surface area contributed by atoms with E-state index in [4.69, 9.17) is 4.74 Å². The second kappa shape index (κ2) is 15.0. The van der Waals surface area contributed by atoms with Gasteiger partial charge in [0.1, 0.15) is 0 Å². The maximum Gasteiger partial charge on any atom is 0.0681 e. The molecular formula is C34H58O. The lowest BCUT2D eigenvalue weighted by Crippen LogP contribution is -2.14. The molecule has 2 atom stereocenters. The Balaban J connectivity index is 1.01. The van der Waals surface area contributed by atoms with E-state index in [1.165, 1.54) is 128 Å². The average Bonchev–Trinajstić information content (AvgIpc) is 2.88. The lowest BCUT2D eigenvalue weighted by Gasteiger charge is -2.27. The van der Waals surface area contributed by atoms with E-state index < -0.39 is 0 Å². The molecule has 0 N–H and O–H groups in total. The van der Waals surface area contributed by atoms with Crippen LogP contribution in [0.15, 0.2) is 23.3 Å². The summed E-state index contributed by atoms with van der Waals surface area (Å²) in [6.45, 7) is 6.64. The topological polar surface area (TPSA) is 9.23 Å². The zero-order valence-corrected chi connectivity index (χ0v) is 23.6. The number of rotatable bonds is 12. The summed E-state index contributed by atoms with van der Waals surface area (Å²) in [4.78, 5) is 0. The van der Waals surface area contributed by atoms with Crippen molar-refractivity contribution in [3.63, 3.8) is 0 Å². The van der Waals surface area contributed by atoms with E-state index in [0.717, 1.165) is 48.7 Å². The Morgan fingerprint density at radius 2 is 0.943 bits per heavy atom. The number of hydrogen-bond acceptors (Lipinski definition) is 1. The molecule has 0 heterocycles. The van der Waals surface area contributed by atoms with Crippen LogP contribution in [0.2, 0.25) is 0 Å². The van der Waals surface area contributed by atoms with Crippen LogP contribution in [0, 0.1) is 35.5 Å². The highest BCUT2D eigenvalue weighted by Gasteiger charge is 2.21. The Labute approximate surface area is 218 Å². The lowest BCUT2D eigenvalue weighted by molar-refractivity contribution is 0.169.